The van der Waals surface area contributed by atoms with Crippen molar-refractivity contribution in [1.29, 1.82) is 0 Å². The molecule has 1 aromatic carbocycles. The van der Waals surface area contributed by atoms with Crippen LogP contribution >= 0.6 is 7.92 Å². The van der Waals surface area contributed by atoms with Crippen LogP contribution in [0, 0.1) is 40.9 Å². The van der Waals surface area contributed by atoms with E-state index in [2.05, 4.69) is 13.8 Å². The average Bonchev–Trinajstić information content (AvgIpc) is 2.66. The summed E-state index contributed by atoms with van der Waals surface area (Å²) < 4.78 is 69.3. The molecule has 6 heteroatoms. The molecule has 3 atom stereocenters. The quantitative estimate of drug-likeness (QED) is 0.145. The van der Waals surface area contributed by atoms with E-state index in [1.807, 2.05) is 13.8 Å². The number of hydrogen-bond donors (Lipinski definition) is 0. The number of hydrogen-bond acceptors (Lipinski definition) is 0. The van der Waals surface area contributed by atoms with E-state index in [-0.39, 0.29) is 5.92 Å². The second-order valence-electron chi connectivity index (χ2n) is 7.46. The van der Waals surface area contributed by atoms with Crippen molar-refractivity contribution in [2.45, 2.75) is 72.6 Å². The first kappa shape index (κ1) is 24.3. The van der Waals surface area contributed by atoms with Gasteiger partial charge in [0.25, 0.3) is 0 Å². The molecular weight excluding hydrogens is 378 g/mol. The van der Waals surface area contributed by atoms with Crippen molar-refractivity contribution in [3.63, 3.8) is 0 Å². The lowest BCUT2D eigenvalue weighted by molar-refractivity contribution is 0.383. The third kappa shape index (κ3) is 6.69. The first-order chi connectivity index (χ1) is 12.8. The predicted octanol–water partition coefficient (Wildman–Crippen LogP) is 7.53. The van der Waals surface area contributed by atoms with Gasteiger partial charge in [0, 0.05) is 0 Å². The Bertz CT molecular complexity index is 561. The van der Waals surface area contributed by atoms with E-state index in [0.717, 1.165) is 38.5 Å². The van der Waals surface area contributed by atoms with Crippen LogP contribution < -0.4 is 5.30 Å². The smallest absolute Gasteiger partial charge is 0.200 e. The molecule has 0 heterocycles. The van der Waals surface area contributed by atoms with Crippen molar-refractivity contribution in [1.82, 2.24) is 0 Å². The van der Waals surface area contributed by atoms with E-state index < -0.39 is 42.3 Å². The molecule has 0 spiro atoms. The molecule has 156 valence electrons. The fourth-order valence-corrected chi connectivity index (χ4v) is 6.44. The summed E-state index contributed by atoms with van der Waals surface area (Å²) in [6.45, 7) is 8.28. The molecule has 0 saturated carbocycles. The van der Waals surface area contributed by atoms with Crippen LogP contribution in [0.25, 0.3) is 0 Å². The summed E-state index contributed by atoms with van der Waals surface area (Å²) in [6, 6.07) is 0. The summed E-state index contributed by atoms with van der Waals surface area (Å²) in [4.78, 5) is 0. The van der Waals surface area contributed by atoms with Crippen LogP contribution in [0.4, 0.5) is 22.0 Å². The van der Waals surface area contributed by atoms with Gasteiger partial charge >= 0.3 is 0 Å². The van der Waals surface area contributed by atoms with Crippen molar-refractivity contribution < 1.29 is 22.0 Å². The summed E-state index contributed by atoms with van der Waals surface area (Å²) in [7, 11) is -1.43. The normalized spacial score (nSPS) is 15.0. The lowest BCUT2D eigenvalue weighted by Crippen LogP contribution is -2.23. The Kier molecular flexibility index (Phi) is 10.8. The summed E-state index contributed by atoms with van der Waals surface area (Å²) in [5.41, 5.74) is 0. The van der Waals surface area contributed by atoms with E-state index in [0.29, 0.717) is 24.7 Å². The zero-order valence-electron chi connectivity index (χ0n) is 16.9. The van der Waals surface area contributed by atoms with Crippen LogP contribution in [0.3, 0.4) is 0 Å². The Morgan fingerprint density at radius 3 is 1.78 bits per heavy atom. The third-order valence-corrected chi connectivity index (χ3v) is 8.10. The third-order valence-electron chi connectivity index (χ3n) is 5.16. The van der Waals surface area contributed by atoms with E-state index in [1.165, 1.54) is 0 Å². The van der Waals surface area contributed by atoms with Gasteiger partial charge in [-0.05, 0) is 30.6 Å². The maximum Gasteiger partial charge on any atom is 0.200 e. The van der Waals surface area contributed by atoms with Gasteiger partial charge in [0.15, 0.2) is 23.3 Å². The average molecular weight is 410 g/mol. The number of rotatable bonds is 12. The molecule has 0 amide bonds. The zero-order chi connectivity index (χ0) is 20.6. The number of benzene rings is 1. The Hall–Kier alpha value is -0.700. The lowest BCUT2D eigenvalue weighted by atomic mass is 9.92. The molecule has 0 saturated heterocycles. The molecule has 27 heavy (non-hydrogen) atoms. The maximum absolute atomic E-state index is 14.3. The van der Waals surface area contributed by atoms with Crippen molar-refractivity contribution in [2.24, 2.45) is 11.8 Å². The van der Waals surface area contributed by atoms with Crippen molar-refractivity contribution >= 4 is 13.2 Å². The highest BCUT2D eigenvalue weighted by atomic mass is 31.1. The molecule has 0 N–H and O–H groups in total. The predicted molar refractivity (Wildman–Crippen MR) is 105 cm³/mol. The SMILES string of the molecule is CCCCP(CC(C)CCC(CC)CCC)c1c(F)c(F)c(F)c(F)c1F. The molecule has 0 bridgehead atoms. The Labute approximate surface area is 161 Å². The highest BCUT2D eigenvalue weighted by Gasteiger charge is 2.30. The summed E-state index contributed by atoms with van der Waals surface area (Å²) in [5, 5.41) is -0.567. The molecule has 0 nitrogen and oxygen atoms in total. The topological polar surface area (TPSA) is 0 Å². The molecule has 3 unspecified atom stereocenters. The maximum atomic E-state index is 14.3. The number of halogens is 5. The fourth-order valence-electron chi connectivity index (χ4n) is 3.46. The highest BCUT2D eigenvalue weighted by molar-refractivity contribution is 7.65. The molecule has 1 rings (SSSR count). The molecule has 1 aromatic rings. The molecular formula is C21H32F5P. The summed E-state index contributed by atoms with van der Waals surface area (Å²) >= 11 is 0. The zero-order valence-corrected chi connectivity index (χ0v) is 17.8. The second-order valence-corrected chi connectivity index (χ2v) is 9.80. The molecule has 0 aliphatic carbocycles. The Morgan fingerprint density at radius 2 is 1.30 bits per heavy atom. The fraction of sp³-hybridized carbons (Fsp3) is 0.714. The minimum absolute atomic E-state index is 0.189. The molecule has 0 aromatic heterocycles. The first-order valence-electron chi connectivity index (χ1n) is 10.0. The lowest BCUT2D eigenvalue weighted by Gasteiger charge is -2.24. The van der Waals surface area contributed by atoms with Gasteiger partial charge < -0.3 is 0 Å². The molecule has 0 radical (unpaired) electrons. The number of unbranched alkanes of at least 4 members (excludes halogenated alkanes) is 1. The minimum Gasteiger partial charge on any atom is -0.203 e. The van der Waals surface area contributed by atoms with Gasteiger partial charge in [-0.1, -0.05) is 74.1 Å². The summed E-state index contributed by atoms with van der Waals surface area (Å²) in [6.07, 6.45) is 7.85. The standard InChI is InChI=1S/C21H32F5P/c1-5-8-12-27(13-14(4)10-11-15(7-3)9-6-2)21-19(25)17(23)16(22)18(24)20(21)26/h14-15H,5-13H2,1-4H3. The van der Waals surface area contributed by atoms with Gasteiger partial charge in [0.05, 0.1) is 5.30 Å². The molecule has 0 aliphatic heterocycles. The minimum atomic E-state index is -2.07. The van der Waals surface area contributed by atoms with Crippen molar-refractivity contribution in [2.75, 3.05) is 12.3 Å². The van der Waals surface area contributed by atoms with Gasteiger partial charge in [-0.3, -0.25) is 0 Å². The monoisotopic (exact) mass is 410 g/mol. The molecule has 0 fully saturated rings. The Balaban J connectivity index is 3.00. The van der Waals surface area contributed by atoms with Gasteiger partial charge in [-0.2, -0.15) is 0 Å². The van der Waals surface area contributed by atoms with Crippen LogP contribution in [0.2, 0.25) is 0 Å². The van der Waals surface area contributed by atoms with Gasteiger partial charge in [-0.25, -0.2) is 22.0 Å². The van der Waals surface area contributed by atoms with E-state index in [4.69, 9.17) is 0 Å². The Morgan fingerprint density at radius 1 is 0.741 bits per heavy atom. The second kappa shape index (κ2) is 12.0. The van der Waals surface area contributed by atoms with Crippen LogP contribution in [-0.4, -0.2) is 12.3 Å². The van der Waals surface area contributed by atoms with E-state index in [1.54, 1.807) is 0 Å². The van der Waals surface area contributed by atoms with Gasteiger partial charge in [0.1, 0.15) is 0 Å². The van der Waals surface area contributed by atoms with Crippen LogP contribution in [0.1, 0.15) is 72.6 Å². The van der Waals surface area contributed by atoms with Crippen molar-refractivity contribution in [3.8, 4) is 0 Å². The largest absolute Gasteiger partial charge is 0.203 e. The van der Waals surface area contributed by atoms with Crippen molar-refractivity contribution in [3.05, 3.63) is 29.1 Å². The first-order valence-corrected chi connectivity index (χ1v) is 11.8. The van der Waals surface area contributed by atoms with Gasteiger partial charge in [0.2, 0.25) is 5.82 Å². The van der Waals surface area contributed by atoms with Gasteiger partial charge in [-0.15, -0.1) is 0 Å². The van der Waals surface area contributed by atoms with Crippen LogP contribution in [0.5, 0.6) is 0 Å². The van der Waals surface area contributed by atoms with E-state index >= 15 is 0 Å². The van der Waals surface area contributed by atoms with E-state index in [9.17, 15) is 22.0 Å². The summed E-state index contributed by atoms with van der Waals surface area (Å²) in [5.74, 6) is -8.18. The van der Waals surface area contributed by atoms with Crippen LogP contribution in [-0.2, 0) is 0 Å². The van der Waals surface area contributed by atoms with Crippen LogP contribution in [0.15, 0.2) is 0 Å². The highest BCUT2D eigenvalue weighted by Crippen LogP contribution is 2.42. The molecule has 0 aliphatic rings.